The average molecular weight is 338 g/mol. The van der Waals surface area contributed by atoms with Gasteiger partial charge in [0.15, 0.2) is 6.61 Å². The maximum Gasteiger partial charge on any atom is 0.310 e. The van der Waals surface area contributed by atoms with Gasteiger partial charge in [-0.3, -0.25) is 9.59 Å². The highest BCUT2D eigenvalue weighted by Gasteiger charge is 2.11. The van der Waals surface area contributed by atoms with Gasteiger partial charge < -0.3 is 10.1 Å². The van der Waals surface area contributed by atoms with Crippen LogP contribution in [-0.2, 0) is 20.7 Å². The maximum absolute atomic E-state index is 11.7. The molecule has 0 heterocycles. The molecule has 0 spiro atoms. The van der Waals surface area contributed by atoms with Crippen molar-refractivity contribution in [3.05, 3.63) is 64.1 Å². The Hall–Kier alpha value is -2.04. The molecule has 0 atom stereocenters. The lowest BCUT2D eigenvalue weighted by Gasteiger charge is -2.08. The van der Waals surface area contributed by atoms with E-state index in [9.17, 15) is 9.59 Å². The Balaban J connectivity index is 1.82. The number of amides is 1. The summed E-state index contributed by atoms with van der Waals surface area (Å²) in [7, 11) is 0. The molecular formula is C16H13Cl2NO3. The highest BCUT2D eigenvalue weighted by molar-refractivity contribution is 6.33. The molecule has 22 heavy (non-hydrogen) atoms. The van der Waals surface area contributed by atoms with Crippen molar-refractivity contribution in [3.8, 4) is 0 Å². The van der Waals surface area contributed by atoms with Gasteiger partial charge in [-0.05, 0) is 23.8 Å². The first kappa shape index (κ1) is 16.3. The van der Waals surface area contributed by atoms with Crippen molar-refractivity contribution in [1.29, 1.82) is 0 Å². The molecule has 0 aliphatic rings. The Labute approximate surface area is 138 Å². The van der Waals surface area contributed by atoms with Crippen LogP contribution in [0.2, 0.25) is 10.0 Å². The van der Waals surface area contributed by atoms with Gasteiger partial charge in [0.25, 0.3) is 5.91 Å². The number of anilines is 1. The molecule has 2 aromatic rings. The van der Waals surface area contributed by atoms with Gasteiger partial charge in [-0.25, -0.2) is 0 Å². The van der Waals surface area contributed by atoms with E-state index in [0.29, 0.717) is 21.3 Å². The molecule has 0 saturated heterocycles. The zero-order valence-electron chi connectivity index (χ0n) is 11.5. The second kappa shape index (κ2) is 7.82. The summed E-state index contributed by atoms with van der Waals surface area (Å²) in [4.78, 5) is 23.4. The van der Waals surface area contributed by atoms with Crippen LogP contribution in [0.1, 0.15) is 5.56 Å². The van der Waals surface area contributed by atoms with Crippen molar-refractivity contribution in [2.45, 2.75) is 6.42 Å². The molecule has 114 valence electrons. The zero-order chi connectivity index (χ0) is 15.9. The number of nitrogens with one attached hydrogen (secondary N) is 1. The number of ether oxygens (including phenoxy) is 1. The first-order valence-electron chi connectivity index (χ1n) is 6.49. The number of hydrogen-bond acceptors (Lipinski definition) is 3. The fraction of sp³-hybridized carbons (Fsp3) is 0.125. The van der Waals surface area contributed by atoms with E-state index in [1.165, 1.54) is 0 Å². The van der Waals surface area contributed by atoms with Gasteiger partial charge in [-0.2, -0.15) is 0 Å². The van der Waals surface area contributed by atoms with Gasteiger partial charge in [-0.1, -0.05) is 53.5 Å². The van der Waals surface area contributed by atoms with E-state index in [4.69, 9.17) is 27.9 Å². The number of esters is 1. The van der Waals surface area contributed by atoms with Crippen molar-refractivity contribution in [1.82, 2.24) is 0 Å². The van der Waals surface area contributed by atoms with Crippen molar-refractivity contribution < 1.29 is 14.3 Å². The van der Waals surface area contributed by atoms with Gasteiger partial charge in [0.2, 0.25) is 0 Å². The molecule has 6 heteroatoms. The van der Waals surface area contributed by atoms with E-state index in [-0.39, 0.29) is 13.0 Å². The second-order valence-electron chi connectivity index (χ2n) is 4.46. The predicted octanol–water partition coefficient (Wildman–Crippen LogP) is 3.72. The number of halogens is 2. The highest BCUT2D eigenvalue weighted by atomic mass is 35.5. The van der Waals surface area contributed by atoms with Crippen LogP contribution in [-0.4, -0.2) is 18.5 Å². The summed E-state index contributed by atoms with van der Waals surface area (Å²) < 4.78 is 4.92. The van der Waals surface area contributed by atoms with E-state index < -0.39 is 11.9 Å². The number of carbonyl (C=O) groups is 2. The molecule has 2 aromatic carbocycles. The van der Waals surface area contributed by atoms with Crippen LogP contribution in [0.25, 0.3) is 0 Å². The maximum atomic E-state index is 11.7. The van der Waals surface area contributed by atoms with E-state index in [2.05, 4.69) is 5.32 Å². The molecule has 1 N–H and O–H groups in total. The Bertz CT molecular complexity index is 629. The Morgan fingerprint density at radius 3 is 2.27 bits per heavy atom. The van der Waals surface area contributed by atoms with Gasteiger partial charge >= 0.3 is 5.97 Å². The average Bonchev–Trinajstić information content (AvgIpc) is 2.50. The molecule has 0 fully saturated rings. The Morgan fingerprint density at radius 2 is 1.59 bits per heavy atom. The Kier molecular flexibility index (Phi) is 5.81. The second-order valence-corrected chi connectivity index (χ2v) is 5.27. The molecule has 0 aromatic heterocycles. The number of carbonyl (C=O) groups excluding carboxylic acids is 2. The van der Waals surface area contributed by atoms with E-state index in [1.54, 1.807) is 48.5 Å². The van der Waals surface area contributed by atoms with Crippen LogP contribution in [0.4, 0.5) is 5.69 Å². The first-order chi connectivity index (χ1) is 10.6. The van der Waals surface area contributed by atoms with Crippen LogP contribution in [0, 0.1) is 0 Å². The zero-order valence-corrected chi connectivity index (χ0v) is 13.0. The van der Waals surface area contributed by atoms with Gasteiger partial charge in [0, 0.05) is 5.02 Å². The lowest BCUT2D eigenvalue weighted by atomic mass is 10.1. The summed E-state index contributed by atoms with van der Waals surface area (Å²) in [5.41, 5.74) is 1.12. The molecule has 0 bridgehead atoms. The smallest absolute Gasteiger partial charge is 0.310 e. The Morgan fingerprint density at radius 1 is 0.955 bits per heavy atom. The third-order valence-electron chi connectivity index (χ3n) is 2.80. The third-order valence-corrected chi connectivity index (χ3v) is 3.50. The third kappa shape index (κ3) is 4.76. The number of hydrogen-bond donors (Lipinski definition) is 1. The summed E-state index contributed by atoms with van der Waals surface area (Å²) in [6.45, 7) is -0.380. The molecule has 0 aliphatic carbocycles. The van der Waals surface area contributed by atoms with Crippen LogP contribution < -0.4 is 5.32 Å². The molecule has 0 unspecified atom stereocenters. The quantitative estimate of drug-likeness (QED) is 0.846. The fourth-order valence-corrected chi connectivity index (χ4v) is 2.13. The minimum atomic E-state index is -0.526. The van der Waals surface area contributed by atoms with Crippen molar-refractivity contribution in [2.24, 2.45) is 0 Å². The van der Waals surface area contributed by atoms with Gasteiger partial charge in [-0.15, -0.1) is 0 Å². The highest BCUT2D eigenvalue weighted by Crippen LogP contribution is 2.20. The van der Waals surface area contributed by atoms with Crippen molar-refractivity contribution >= 4 is 40.8 Å². The predicted molar refractivity (Wildman–Crippen MR) is 86.2 cm³/mol. The van der Waals surface area contributed by atoms with E-state index in [1.807, 2.05) is 0 Å². The molecule has 4 nitrogen and oxygen atoms in total. The minimum absolute atomic E-state index is 0.0129. The number of benzene rings is 2. The van der Waals surface area contributed by atoms with Gasteiger partial charge in [0.05, 0.1) is 17.1 Å². The van der Waals surface area contributed by atoms with Gasteiger partial charge in [0.1, 0.15) is 0 Å². The van der Waals surface area contributed by atoms with Crippen molar-refractivity contribution in [2.75, 3.05) is 11.9 Å². The number of para-hydroxylation sites is 1. The summed E-state index contributed by atoms with van der Waals surface area (Å²) in [6, 6.07) is 13.8. The molecule has 0 radical (unpaired) electrons. The van der Waals surface area contributed by atoms with Crippen molar-refractivity contribution in [3.63, 3.8) is 0 Å². The largest absolute Gasteiger partial charge is 0.455 e. The van der Waals surface area contributed by atoms with Crippen LogP contribution in [0.3, 0.4) is 0 Å². The lowest BCUT2D eigenvalue weighted by molar-refractivity contribution is -0.146. The normalized spacial score (nSPS) is 10.1. The summed E-state index contributed by atoms with van der Waals surface area (Å²) in [5, 5.41) is 3.47. The minimum Gasteiger partial charge on any atom is -0.455 e. The topological polar surface area (TPSA) is 55.4 Å². The SMILES string of the molecule is O=C(COC(=O)Cc1ccccc1Cl)Nc1ccccc1Cl. The van der Waals surface area contributed by atoms with Crippen LogP contribution in [0.15, 0.2) is 48.5 Å². The first-order valence-corrected chi connectivity index (χ1v) is 7.25. The van der Waals surface area contributed by atoms with Crippen LogP contribution in [0.5, 0.6) is 0 Å². The van der Waals surface area contributed by atoms with E-state index >= 15 is 0 Å². The summed E-state index contributed by atoms with van der Waals surface area (Å²) in [5.74, 6) is -0.983. The summed E-state index contributed by atoms with van der Waals surface area (Å²) >= 11 is 11.9. The van der Waals surface area contributed by atoms with E-state index in [0.717, 1.165) is 0 Å². The standard InChI is InChI=1S/C16H13Cl2NO3/c17-12-6-2-1-5-11(12)9-16(21)22-10-15(20)19-14-8-4-3-7-13(14)18/h1-8H,9-10H2,(H,19,20). The fourth-order valence-electron chi connectivity index (χ4n) is 1.74. The molecule has 1 amide bonds. The number of rotatable bonds is 5. The molecule has 2 rings (SSSR count). The van der Waals surface area contributed by atoms with Crippen LogP contribution >= 0.6 is 23.2 Å². The monoisotopic (exact) mass is 337 g/mol. The molecular weight excluding hydrogens is 325 g/mol. The summed E-state index contributed by atoms with van der Waals surface area (Å²) in [6.07, 6.45) is 0.0129. The molecule has 0 saturated carbocycles. The molecule has 0 aliphatic heterocycles. The lowest BCUT2D eigenvalue weighted by Crippen LogP contribution is -2.21.